The summed E-state index contributed by atoms with van der Waals surface area (Å²) < 4.78 is 40.6. The van der Waals surface area contributed by atoms with Crippen molar-refractivity contribution in [3.8, 4) is 0 Å². The summed E-state index contributed by atoms with van der Waals surface area (Å²) in [7, 11) is -3.92. The molecule has 0 aliphatic carbocycles. The predicted octanol–water partition coefficient (Wildman–Crippen LogP) is 0.906. The zero-order chi connectivity index (χ0) is 22.4. The number of carbonyl (C=O) groups is 2. The van der Waals surface area contributed by atoms with Crippen molar-refractivity contribution in [1.82, 2.24) is 14.5 Å². The van der Waals surface area contributed by atoms with E-state index in [1.54, 1.807) is 30.3 Å². The highest BCUT2D eigenvalue weighted by molar-refractivity contribution is 7.88. The fourth-order valence-corrected chi connectivity index (χ4v) is 4.95. The molecule has 0 saturated carbocycles. The Kier molecular flexibility index (Phi) is 7.21. The standard InChI is InChI=1S/C20H24FN5O4S/c21-16-7-4-8-17(13-16)24-20(28)25-11-12-26(19(25)18(27)23-10-9-22)31(29,30)14-15-5-2-1-3-6-15/h1-8,13,19H,9-12,14,22H2,(H,23,27)(H,24,28). The van der Waals surface area contributed by atoms with Gasteiger partial charge in [-0.25, -0.2) is 17.6 Å². The fraction of sp³-hybridized carbons (Fsp3) is 0.300. The summed E-state index contributed by atoms with van der Waals surface area (Å²) in [6, 6.07) is 13.1. The topological polar surface area (TPSA) is 125 Å². The first-order valence-corrected chi connectivity index (χ1v) is 11.3. The largest absolute Gasteiger partial charge is 0.352 e. The zero-order valence-electron chi connectivity index (χ0n) is 16.7. The van der Waals surface area contributed by atoms with Crippen LogP contribution in [-0.2, 0) is 20.6 Å². The number of amides is 3. The third-order valence-electron chi connectivity index (χ3n) is 4.69. The molecule has 9 nitrogen and oxygen atoms in total. The predicted molar refractivity (Wildman–Crippen MR) is 114 cm³/mol. The van der Waals surface area contributed by atoms with E-state index in [2.05, 4.69) is 10.6 Å². The number of anilines is 1. The van der Waals surface area contributed by atoms with Gasteiger partial charge < -0.3 is 16.4 Å². The molecule has 1 atom stereocenters. The first kappa shape index (κ1) is 22.7. The van der Waals surface area contributed by atoms with E-state index >= 15 is 0 Å². The minimum absolute atomic E-state index is 0.00409. The second kappa shape index (κ2) is 9.86. The summed E-state index contributed by atoms with van der Waals surface area (Å²) in [5.41, 5.74) is 6.19. The number of carbonyl (C=O) groups excluding carboxylic acids is 2. The third-order valence-corrected chi connectivity index (χ3v) is 6.49. The highest BCUT2D eigenvalue weighted by atomic mass is 32.2. The third kappa shape index (κ3) is 5.57. The van der Waals surface area contributed by atoms with Crippen LogP contribution in [0.25, 0.3) is 0 Å². The highest BCUT2D eigenvalue weighted by Gasteiger charge is 2.45. The van der Waals surface area contributed by atoms with E-state index in [0.717, 1.165) is 15.3 Å². The second-order valence-electron chi connectivity index (χ2n) is 6.94. The Bertz CT molecular complexity index is 1030. The molecule has 31 heavy (non-hydrogen) atoms. The van der Waals surface area contributed by atoms with Crippen LogP contribution in [0.2, 0.25) is 0 Å². The number of hydrogen-bond acceptors (Lipinski definition) is 5. The molecule has 166 valence electrons. The Morgan fingerprint density at radius 1 is 1.10 bits per heavy atom. The summed E-state index contributed by atoms with van der Waals surface area (Å²) in [5, 5.41) is 5.05. The molecule has 0 bridgehead atoms. The molecule has 1 aliphatic rings. The number of rotatable bonds is 7. The quantitative estimate of drug-likeness (QED) is 0.579. The van der Waals surface area contributed by atoms with Gasteiger partial charge in [0.2, 0.25) is 10.0 Å². The van der Waals surface area contributed by atoms with E-state index in [-0.39, 0.29) is 37.6 Å². The van der Waals surface area contributed by atoms with Gasteiger partial charge in [-0.05, 0) is 23.8 Å². The van der Waals surface area contributed by atoms with Crippen LogP contribution in [-0.4, -0.2) is 61.9 Å². The molecule has 0 aromatic heterocycles. The molecule has 2 aromatic rings. The lowest BCUT2D eigenvalue weighted by molar-refractivity contribution is -0.127. The SMILES string of the molecule is NCCNC(=O)C1N(C(=O)Nc2cccc(F)c2)CCN1S(=O)(=O)Cc1ccccc1. The first-order valence-electron chi connectivity index (χ1n) is 9.66. The van der Waals surface area contributed by atoms with Gasteiger partial charge in [-0.15, -0.1) is 0 Å². The van der Waals surface area contributed by atoms with Gasteiger partial charge >= 0.3 is 6.03 Å². The van der Waals surface area contributed by atoms with Crippen molar-refractivity contribution in [3.63, 3.8) is 0 Å². The lowest BCUT2D eigenvalue weighted by Gasteiger charge is -2.28. The number of urea groups is 1. The van der Waals surface area contributed by atoms with Gasteiger partial charge in [-0.3, -0.25) is 9.69 Å². The summed E-state index contributed by atoms with van der Waals surface area (Å²) in [4.78, 5) is 26.7. The zero-order valence-corrected chi connectivity index (χ0v) is 17.5. The van der Waals surface area contributed by atoms with Gasteiger partial charge in [-0.1, -0.05) is 36.4 Å². The molecule has 1 aliphatic heterocycles. The van der Waals surface area contributed by atoms with Crippen molar-refractivity contribution in [3.05, 3.63) is 66.0 Å². The van der Waals surface area contributed by atoms with E-state index in [4.69, 9.17) is 5.73 Å². The maximum absolute atomic E-state index is 13.4. The lowest BCUT2D eigenvalue weighted by Crippen LogP contribution is -2.55. The second-order valence-corrected chi connectivity index (χ2v) is 8.86. The number of nitrogens with two attached hydrogens (primary N) is 1. The Labute approximate surface area is 180 Å². The molecule has 3 amide bonds. The Morgan fingerprint density at radius 3 is 2.52 bits per heavy atom. The molecule has 1 heterocycles. The van der Waals surface area contributed by atoms with Crippen LogP contribution < -0.4 is 16.4 Å². The van der Waals surface area contributed by atoms with E-state index in [1.807, 2.05) is 0 Å². The molecule has 11 heteroatoms. The van der Waals surface area contributed by atoms with Crippen molar-refractivity contribution in [2.24, 2.45) is 5.73 Å². The van der Waals surface area contributed by atoms with Crippen LogP contribution >= 0.6 is 0 Å². The van der Waals surface area contributed by atoms with Crippen LogP contribution in [0.4, 0.5) is 14.9 Å². The van der Waals surface area contributed by atoms with E-state index < -0.39 is 33.9 Å². The van der Waals surface area contributed by atoms with Gasteiger partial charge in [0.25, 0.3) is 5.91 Å². The Balaban J connectivity index is 1.84. The highest BCUT2D eigenvalue weighted by Crippen LogP contribution is 2.23. The van der Waals surface area contributed by atoms with Crippen molar-refractivity contribution < 1.29 is 22.4 Å². The number of halogens is 1. The van der Waals surface area contributed by atoms with Crippen LogP contribution in [0.1, 0.15) is 5.56 Å². The molecule has 0 spiro atoms. The normalized spacial score (nSPS) is 16.8. The molecule has 1 fully saturated rings. The Morgan fingerprint density at radius 2 is 1.84 bits per heavy atom. The van der Waals surface area contributed by atoms with Gasteiger partial charge in [-0.2, -0.15) is 4.31 Å². The van der Waals surface area contributed by atoms with Crippen molar-refractivity contribution in [2.45, 2.75) is 11.9 Å². The molecule has 1 unspecified atom stereocenters. The average Bonchev–Trinajstić information content (AvgIpc) is 3.19. The van der Waals surface area contributed by atoms with Crippen LogP contribution in [0, 0.1) is 5.82 Å². The van der Waals surface area contributed by atoms with Gasteiger partial charge in [0.05, 0.1) is 5.75 Å². The summed E-state index contributed by atoms with van der Waals surface area (Å²) >= 11 is 0. The number of nitrogens with zero attached hydrogens (tertiary/aromatic N) is 2. The van der Waals surface area contributed by atoms with Gasteiger partial charge in [0, 0.05) is 31.9 Å². The van der Waals surface area contributed by atoms with Crippen molar-refractivity contribution in [2.75, 3.05) is 31.5 Å². The molecule has 2 aromatic carbocycles. The maximum Gasteiger partial charge on any atom is 0.323 e. The fourth-order valence-electron chi connectivity index (χ4n) is 3.30. The smallest absolute Gasteiger partial charge is 0.323 e. The monoisotopic (exact) mass is 449 g/mol. The lowest BCUT2D eigenvalue weighted by atomic mass is 10.2. The minimum atomic E-state index is -3.92. The summed E-state index contributed by atoms with van der Waals surface area (Å²) in [5.74, 6) is -1.51. The van der Waals surface area contributed by atoms with E-state index in [1.165, 1.54) is 18.2 Å². The van der Waals surface area contributed by atoms with Crippen LogP contribution in [0.15, 0.2) is 54.6 Å². The van der Waals surface area contributed by atoms with Gasteiger partial charge in [0.15, 0.2) is 6.17 Å². The van der Waals surface area contributed by atoms with E-state index in [9.17, 15) is 22.4 Å². The molecule has 4 N–H and O–H groups in total. The van der Waals surface area contributed by atoms with Gasteiger partial charge in [0.1, 0.15) is 5.82 Å². The molecule has 0 radical (unpaired) electrons. The number of hydrogen-bond donors (Lipinski definition) is 3. The summed E-state index contributed by atoms with van der Waals surface area (Å²) in [6.45, 7) is 0.230. The minimum Gasteiger partial charge on any atom is -0.352 e. The molecule has 3 rings (SSSR count). The maximum atomic E-state index is 13.4. The van der Waals surface area contributed by atoms with Crippen LogP contribution in [0.3, 0.4) is 0 Å². The van der Waals surface area contributed by atoms with Crippen LogP contribution in [0.5, 0.6) is 0 Å². The summed E-state index contributed by atoms with van der Waals surface area (Å²) in [6.07, 6.45) is -1.38. The molecule has 1 saturated heterocycles. The number of benzene rings is 2. The number of nitrogens with one attached hydrogen (secondary N) is 2. The molecular formula is C20H24FN5O4S. The van der Waals surface area contributed by atoms with Crippen molar-refractivity contribution >= 4 is 27.6 Å². The Hall–Kier alpha value is -3.02. The molecular weight excluding hydrogens is 425 g/mol. The van der Waals surface area contributed by atoms with E-state index in [0.29, 0.717) is 5.56 Å². The average molecular weight is 450 g/mol. The van der Waals surface area contributed by atoms with Crippen molar-refractivity contribution in [1.29, 1.82) is 0 Å². The number of sulfonamides is 1. The first-order chi connectivity index (χ1) is 14.8.